The number of hydrogen-bond acceptors (Lipinski definition) is 3. The first-order valence-electron chi connectivity index (χ1n) is 7.71. The number of aryl methyl sites for hydroxylation is 1. The van der Waals surface area contributed by atoms with Crippen molar-refractivity contribution in [3.63, 3.8) is 0 Å². The standard InChI is InChI=1S/C11H19N3O.2C2H6/c1-2-11-3-4-12-14(11)6-5-13-7-9-15-10-8-13;2*1-2/h3-4H,2,5-10H2,1H3;2*1-2H3. The van der Waals surface area contributed by atoms with Crippen molar-refractivity contribution in [3.05, 3.63) is 18.0 Å². The minimum Gasteiger partial charge on any atom is -0.379 e. The SMILES string of the molecule is CC.CC.CCc1ccnn1CCN1CCOCC1. The molecule has 1 aromatic heterocycles. The predicted octanol–water partition coefficient (Wildman–Crippen LogP) is 2.83. The van der Waals surface area contributed by atoms with Crippen molar-refractivity contribution in [2.24, 2.45) is 0 Å². The Bertz CT molecular complexity index is 293. The van der Waals surface area contributed by atoms with E-state index in [2.05, 4.69) is 27.7 Å². The van der Waals surface area contributed by atoms with Crippen LogP contribution in [0.3, 0.4) is 0 Å². The van der Waals surface area contributed by atoms with Crippen LogP contribution in [0, 0.1) is 0 Å². The first kappa shape index (κ1) is 18.1. The van der Waals surface area contributed by atoms with Gasteiger partial charge in [0, 0.05) is 31.5 Å². The van der Waals surface area contributed by atoms with Gasteiger partial charge in [0.25, 0.3) is 0 Å². The fourth-order valence-electron chi connectivity index (χ4n) is 1.92. The van der Waals surface area contributed by atoms with Gasteiger partial charge in [-0.3, -0.25) is 9.58 Å². The first-order chi connectivity index (χ1) is 9.40. The Hall–Kier alpha value is -0.870. The molecule has 112 valence electrons. The Morgan fingerprint density at radius 2 is 1.74 bits per heavy atom. The highest BCUT2D eigenvalue weighted by Crippen LogP contribution is 2.02. The number of morpholine rings is 1. The lowest BCUT2D eigenvalue weighted by Crippen LogP contribution is -2.38. The van der Waals surface area contributed by atoms with Crippen LogP contribution in [0.15, 0.2) is 12.3 Å². The van der Waals surface area contributed by atoms with Crippen LogP contribution in [-0.4, -0.2) is 47.5 Å². The summed E-state index contributed by atoms with van der Waals surface area (Å²) >= 11 is 0. The Kier molecular flexibility index (Phi) is 11.6. The molecule has 1 aliphatic rings. The average molecular weight is 269 g/mol. The summed E-state index contributed by atoms with van der Waals surface area (Å²) in [6.07, 6.45) is 2.95. The normalized spacial score (nSPS) is 15.0. The maximum absolute atomic E-state index is 5.32. The van der Waals surface area contributed by atoms with Crippen molar-refractivity contribution >= 4 is 0 Å². The molecule has 1 saturated heterocycles. The Morgan fingerprint density at radius 3 is 2.32 bits per heavy atom. The zero-order valence-corrected chi connectivity index (χ0v) is 13.4. The van der Waals surface area contributed by atoms with Crippen molar-refractivity contribution in [1.82, 2.24) is 14.7 Å². The van der Waals surface area contributed by atoms with E-state index < -0.39 is 0 Å². The maximum Gasteiger partial charge on any atom is 0.0594 e. The molecule has 0 spiro atoms. The van der Waals surface area contributed by atoms with Crippen molar-refractivity contribution in [2.75, 3.05) is 32.8 Å². The van der Waals surface area contributed by atoms with Crippen molar-refractivity contribution in [3.8, 4) is 0 Å². The van der Waals surface area contributed by atoms with Gasteiger partial charge in [-0.2, -0.15) is 5.10 Å². The molecule has 0 unspecified atom stereocenters. The molecule has 1 fully saturated rings. The molecule has 0 saturated carbocycles. The molecule has 4 heteroatoms. The van der Waals surface area contributed by atoms with E-state index in [-0.39, 0.29) is 0 Å². The second-order valence-electron chi connectivity index (χ2n) is 3.85. The number of ether oxygens (including phenoxy) is 1. The molecule has 1 aromatic rings. The van der Waals surface area contributed by atoms with Gasteiger partial charge < -0.3 is 4.74 Å². The van der Waals surface area contributed by atoms with Gasteiger partial charge in [0.15, 0.2) is 0 Å². The van der Waals surface area contributed by atoms with Gasteiger partial charge in [0.05, 0.1) is 19.8 Å². The third-order valence-electron chi connectivity index (χ3n) is 2.90. The second kappa shape index (κ2) is 12.2. The van der Waals surface area contributed by atoms with Gasteiger partial charge in [0.2, 0.25) is 0 Å². The van der Waals surface area contributed by atoms with Gasteiger partial charge in [-0.25, -0.2) is 0 Å². The van der Waals surface area contributed by atoms with E-state index in [9.17, 15) is 0 Å². The third kappa shape index (κ3) is 6.73. The minimum absolute atomic E-state index is 0.875. The molecule has 2 heterocycles. The van der Waals surface area contributed by atoms with E-state index >= 15 is 0 Å². The molecule has 0 amide bonds. The van der Waals surface area contributed by atoms with E-state index in [1.54, 1.807) is 0 Å². The molecule has 0 N–H and O–H groups in total. The Labute approximate surface area is 118 Å². The molecule has 2 rings (SSSR count). The molecule has 0 bridgehead atoms. The number of nitrogens with zero attached hydrogens (tertiary/aromatic N) is 3. The molecule has 0 aliphatic carbocycles. The van der Waals surface area contributed by atoms with Crippen molar-refractivity contribution in [1.29, 1.82) is 0 Å². The minimum atomic E-state index is 0.875. The highest BCUT2D eigenvalue weighted by Gasteiger charge is 2.10. The zero-order valence-electron chi connectivity index (χ0n) is 13.4. The Morgan fingerprint density at radius 1 is 1.11 bits per heavy atom. The van der Waals surface area contributed by atoms with Crippen LogP contribution in [0.2, 0.25) is 0 Å². The summed E-state index contributed by atoms with van der Waals surface area (Å²) in [5, 5.41) is 4.33. The summed E-state index contributed by atoms with van der Waals surface area (Å²) in [6.45, 7) is 16.1. The largest absolute Gasteiger partial charge is 0.379 e. The molecule has 0 radical (unpaired) electrons. The zero-order chi connectivity index (χ0) is 14.5. The molecule has 4 nitrogen and oxygen atoms in total. The van der Waals surface area contributed by atoms with E-state index in [1.165, 1.54) is 5.69 Å². The van der Waals surface area contributed by atoms with Crippen LogP contribution in [0.25, 0.3) is 0 Å². The van der Waals surface area contributed by atoms with E-state index in [0.717, 1.165) is 45.8 Å². The van der Waals surface area contributed by atoms with E-state index in [1.807, 2.05) is 33.9 Å². The van der Waals surface area contributed by atoms with Gasteiger partial charge >= 0.3 is 0 Å². The lowest BCUT2D eigenvalue weighted by Gasteiger charge is -2.26. The summed E-state index contributed by atoms with van der Waals surface area (Å²) in [4.78, 5) is 2.44. The summed E-state index contributed by atoms with van der Waals surface area (Å²) < 4.78 is 7.42. The fraction of sp³-hybridized carbons (Fsp3) is 0.800. The Balaban J connectivity index is 0.000000741. The fourth-order valence-corrected chi connectivity index (χ4v) is 1.92. The molecule has 0 aromatic carbocycles. The maximum atomic E-state index is 5.32. The van der Waals surface area contributed by atoms with Crippen LogP contribution in [0.1, 0.15) is 40.3 Å². The molecular weight excluding hydrogens is 238 g/mol. The van der Waals surface area contributed by atoms with E-state index in [0.29, 0.717) is 0 Å². The summed E-state index contributed by atoms with van der Waals surface area (Å²) in [7, 11) is 0. The van der Waals surface area contributed by atoms with Crippen LogP contribution in [-0.2, 0) is 17.7 Å². The molecular formula is C15H31N3O. The van der Waals surface area contributed by atoms with Crippen LogP contribution in [0.4, 0.5) is 0 Å². The molecule has 19 heavy (non-hydrogen) atoms. The third-order valence-corrected chi connectivity index (χ3v) is 2.90. The number of hydrogen-bond donors (Lipinski definition) is 0. The number of aromatic nitrogens is 2. The van der Waals surface area contributed by atoms with Crippen LogP contribution >= 0.6 is 0 Å². The molecule has 1 aliphatic heterocycles. The van der Waals surface area contributed by atoms with Crippen LogP contribution in [0.5, 0.6) is 0 Å². The quantitative estimate of drug-likeness (QED) is 0.842. The smallest absolute Gasteiger partial charge is 0.0594 e. The number of rotatable bonds is 4. The van der Waals surface area contributed by atoms with E-state index in [4.69, 9.17) is 4.74 Å². The monoisotopic (exact) mass is 269 g/mol. The first-order valence-corrected chi connectivity index (χ1v) is 7.71. The summed E-state index contributed by atoms with van der Waals surface area (Å²) in [5.41, 5.74) is 1.32. The average Bonchev–Trinajstić information content (AvgIpc) is 2.98. The lowest BCUT2D eigenvalue weighted by molar-refractivity contribution is 0.0359. The van der Waals surface area contributed by atoms with Gasteiger partial charge in [-0.1, -0.05) is 34.6 Å². The van der Waals surface area contributed by atoms with Crippen LogP contribution < -0.4 is 0 Å². The topological polar surface area (TPSA) is 30.3 Å². The summed E-state index contributed by atoms with van der Waals surface area (Å²) in [6, 6.07) is 2.10. The van der Waals surface area contributed by atoms with Crippen molar-refractivity contribution < 1.29 is 4.74 Å². The van der Waals surface area contributed by atoms with Gasteiger partial charge in [-0.05, 0) is 12.5 Å². The predicted molar refractivity (Wildman–Crippen MR) is 81.6 cm³/mol. The highest BCUT2D eigenvalue weighted by molar-refractivity contribution is 4.99. The summed E-state index contributed by atoms with van der Waals surface area (Å²) in [5.74, 6) is 0. The van der Waals surface area contributed by atoms with Gasteiger partial charge in [0.1, 0.15) is 0 Å². The second-order valence-corrected chi connectivity index (χ2v) is 3.85. The van der Waals surface area contributed by atoms with Gasteiger partial charge in [-0.15, -0.1) is 0 Å². The molecule has 0 atom stereocenters. The highest BCUT2D eigenvalue weighted by atomic mass is 16.5. The lowest BCUT2D eigenvalue weighted by atomic mass is 10.3. The van der Waals surface area contributed by atoms with Crippen molar-refractivity contribution in [2.45, 2.75) is 47.6 Å².